The van der Waals surface area contributed by atoms with Crippen LogP contribution in [0.2, 0.25) is 25.3 Å². The minimum atomic E-state index is -0.180. The molecule has 0 bridgehead atoms. The van der Waals surface area contributed by atoms with Gasteiger partial charge in [0, 0.05) is 10.9 Å². The fraction of sp³-hybridized carbons (Fsp3) is 0.162. The largest absolute Gasteiger partial charge is 0.358 e. The fourth-order valence-corrected chi connectivity index (χ4v) is 41.7. The Labute approximate surface area is 945 Å². The maximum atomic E-state index is 2.48. The van der Waals surface area contributed by atoms with E-state index < -0.39 is 0 Å². The first-order chi connectivity index (χ1) is 66.0. The zero-order valence-corrected chi connectivity index (χ0v) is 107. The zero-order chi connectivity index (χ0) is 95.2. The molecule has 0 amide bonds. The van der Waals surface area contributed by atoms with Gasteiger partial charge in [0.2, 0.25) is 0 Å². The molecule has 19 aromatic rings. The minimum Gasteiger partial charge on any atom is -0.358 e. The molecule has 0 radical (unpaired) electrons. The molecule has 0 nitrogen and oxygen atoms in total. The minimum absolute atomic E-state index is 0. The molecule has 1 aliphatic heterocycles. The number of hydrogen-bond donors (Lipinski definition) is 0. The first-order valence-corrected chi connectivity index (χ1v) is 73.2. The van der Waals surface area contributed by atoms with Crippen LogP contribution < -0.4 is 21.7 Å². The topological polar surface area (TPSA) is 0 Å². The summed E-state index contributed by atoms with van der Waals surface area (Å²) in [5.74, 6) is 2.87. The quantitative estimate of drug-likeness (QED) is 0.0430. The molecule has 1 saturated heterocycles. The van der Waals surface area contributed by atoms with Crippen molar-refractivity contribution in [1.82, 2.24) is 0 Å². The number of benzene rings is 17. The van der Waals surface area contributed by atoms with Crippen LogP contribution in [0, 0.1) is 52.0 Å². The number of rotatable bonds is 19. The molecule has 3 heterocycles. The molecular formula is C130H146S7Te6. The Morgan fingerprint density at radius 1 is 0.203 bits per heavy atom. The maximum Gasteiger partial charge on any atom is 0.154 e. The van der Waals surface area contributed by atoms with E-state index in [4.69, 9.17) is 0 Å². The maximum absolute atomic E-state index is 2.48. The average Bonchev–Trinajstić information content (AvgIpc) is 1.60. The van der Waals surface area contributed by atoms with E-state index in [1.54, 1.807) is 23.0 Å². The van der Waals surface area contributed by atoms with Crippen molar-refractivity contribution in [3.05, 3.63) is 507 Å². The Balaban J connectivity index is 0.000000227. The molecule has 0 aliphatic carbocycles. The zero-order valence-electron chi connectivity index (χ0n) is 87.4. The van der Waals surface area contributed by atoms with Crippen molar-refractivity contribution < 1.29 is 0 Å². The first-order valence-electron chi connectivity index (χ1n) is 46.0. The third-order valence-corrected chi connectivity index (χ3v) is 53.2. The number of fused-ring (bicyclic) bond motifs is 6. The Morgan fingerprint density at radius 2 is 0.413 bits per heavy atom. The van der Waals surface area contributed by atoms with Gasteiger partial charge in [0.25, 0.3) is 0 Å². The summed E-state index contributed by atoms with van der Waals surface area (Å²) in [6.45, 7) is 21.2. The normalized spacial score (nSPS) is 12.1. The van der Waals surface area contributed by atoms with Crippen molar-refractivity contribution in [2.45, 2.75) is 154 Å². The molecule has 744 valence electrons. The van der Waals surface area contributed by atoms with E-state index in [1.807, 2.05) is 0 Å². The standard InChI is InChI=1S/C22H21STe.C22H23STe.C19H15STe.C19H17STe.C17H21STe.C14H15STe.C10H13S.7CH3/c1-22(2,3)24-17-13-14-21-19(15-17)18-11-7-8-12-20(18)23(21)16-9-5-4-6-10-16;1-22(2,3)24-21-16-14-20(15-17-21)23(18-10-6-4-7-11-18)19-12-8-5-9-13-19;1-21-15-11-12-19-17(13-15)16-9-5-6-10-18(16)20(19)14-7-3-2-4-8-14;1-21-19-14-12-18(13-15-19)20(16-8-4-2-5-9-16)17-10-6-3-7-11-17;1-17(2,3)19-16-12-10-15(11-13-16)18(4)14-8-6-5-7-9-14;1-15(12-6-4-3-5-7-12)13-8-10-14(16-2)11-9-13;1-2-6-10(7-3-1)11-8-4-5-9-11;;;;;;;/h4-15H,1-3H3;4-17H,1-3H3;2-13H,1H3;2-15H,1H3;5-13H,1-4H3;3-11H,1-2H3;1-3,6-7H,4-5,8-9H2;7*1H3/q7*+1;7*-1. The molecular weight excluding hydrogens is 2550 g/mol. The van der Waals surface area contributed by atoms with Crippen molar-refractivity contribution in [3.8, 4) is 9.79 Å². The van der Waals surface area contributed by atoms with Gasteiger partial charge in [0.05, 0.1) is 0 Å². The summed E-state index contributed by atoms with van der Waals surface area (Å²) in [6.07, 6.45) is 7.49. The number of hydrogen-bond acceptors (Lipinski definition) is 0. The Bertz CT molecular complexity index is 6720. The summed E-state index contributed by atoms with van der Waals surface area (Å²) < 4.78 is 16.6. The smallest absolute Gasteiger partial charge is 0.154 e. The summed E-state index contributed by atoms with van der Waals surface area (Å²) in [4.78, 5) is 25.5. The molecule has 2 aromatic heterocycles. The van der Waals surface area contributed by atoms with Gasteiger partial charge in [-0.25, -0.2) is 0 Å². The molecule has 4 unspecified atom stereocenters. The van der Waals surface area contributed by atoms with Gasteiger partial charge in [0.1, 0.15) is 11.5 Å². The Hall–Kier alpha value is -6.33. The molecule has 143 heavy (non-hydrogen) atoms. The number of thiophene rings is 2. The molecule has 17 aromatic carbocycles. The van der Waals surface area contributed by atoms with Crippen LogP contribution in [0.5, 0.6) is 0 Å². The van der Waals surface area contributed by atoms with Crippen molar-refractivity contribution in [3.63, 3.8) is 0 Å². The van der Waals surface area contributed by atoms with Crippen molar-refractivity contribution in [1.29, 1.82) is 0 Å². The SMILES string of the molecule is CC(C)(C)[Te]c1ccc([S+](c2ccccc2)c2ccccc2)cc1.CC(C)(C)[Te]c1ccc2c(c1)c1ccccc1[s+]2-c1ccccc1.C[S+](c1ccccc1)c1ccc([Te]C(C)(C)C)cc1.C[Te]c1ccc([S+](C)c2ccccc2)cc1.C[Te]c1ccc([S+](c2ccccc2)c2ccccc2)cc1.C[Te]c1ccc2c(c1)c1ccccc1[s+]2-c1ccccc1.[CH3-].[CH3-].[CH3-].[CH3-].[CH3-].[CH3-].[CH3-].c1ccc([S+]2CCCC2)cc1. The predicted octanol–water partition coefficient (Wildman–Crippen LogP) is 33.1. The van der Waals surface area contributed by atoms with Crippen molar-refractivity contribution in [2.24, 2.45) is 0 Å². The summed E-state index contributed by atoms with van der Waals surface area (Å²) >= 11 is -0.383. The molecule has 4 atom stereocenters. The Morgan fingerprint density at radius 3 is 0.706 bits per heavy atom. The van der Waals surface area contributed by atoms with E-state index in [0.29, 0.717) is 21.3 Å². The van der Waals surface area contributed by atoms with Crippen LogP contribution in [0.25, 0.3) is 50.1 Å². The van der Waals surface area contributed by atoms with E-state index in [0.717, 1.165) is 0 Å². The van der Waals surface area contributed by atoms with Crippen LogP contribution in [0.3, 0.4) is 0 Å². The van der Waals surface area contributed by atoms with Crippen LogP contribution >= 0.6 is 20.9 Å². The van der Waals surface area contributed by atoms with Crippen LogP contribution in [0.1, 0.15) is 75.2 Å². The third-order valence-electron chi connectivity index (χ3n) is 21.8. The van der Waals surface area contributed by atoms with Gasteiger partial charge >= 0.3 is 836 Å². The predicted molar refractivity (Wildman–Crippen MR) is 664 cm³/mol. The van der Waals surface area contributed by atoms with E-state index >= 15 is 0 Å². The van der Waals surface area contributed by atoms with Crippen molar-refractivity contribution in [2.75, 3.05) is 24.0 Å². The van der Waals surface area contributed by atoms with Gasteiger partial charge in [0.15, 0.2) is 4.90 Å². The van der Waals surface area contributed by atoms with Crippen LogP contribution in [0.4, 0.5) is 0 Å². The van der Waals surface area contributed by atoms with Gasteiger partial charge in [-0.15, -0.1) is 0 Å². The van der Waals surface area contributed by atoms with Crippen LogP contribution in [-0.2, 0) is 54.5 Å². The average molecular weight is 2700 g/mol. The summed E-state index contributed by atoms with van der Waals surface area (Å²) in [5, 5.41) is 5.79. The summed E-state index contributed by atoms with van der Waals surface area (Å²) in [5.41, 5.74) is 0. The fourth-order valence-electron chi connectivity index (χ4n) is 15.6. The van der Waals surface area contributed by atoms with E-state index in [2.05, 4.69) is 545 Å². The molecule has 0 saturated carbocycles. The molecule has 0 spiro atoms. The molecule has 0 N–H and O–H groups in total. The van der Waals surface area contributed by atoms with E-state index in [9.17, 15) is 0 Å². The van der Waals surface area contributed by atoms with Crippen LogP contribution in [-0.4, -0.2) is 150 Å². The molecule has 20 rings (SSSR count). The van der Waals surface area contributed by atoms with Gasteiger partial charge in [-0.1, -0.05) is 18.2 Å². The second-order valence-corrected chi connectivity index (χ2v) is 73.1. The van der Waals surface area contributed by atoms with Gasteiger partial charge in [-0.2, -0.15) is 0 Å². The van der Waals surface area contributed by atoms with Gasteiger partial charge in [-0.05, 0) is 25.0 Å². The second-order valence-electron chi connectivity index (χ2n) is 35.1. The van der Waals surface area contributed by atoms with Gasteiger partial charge < -0.3 is 52.0 Å². The first kappa shape index (κ1) is 124. The van der Waals surface area contributed by atoms with E-state index in [1.165, 1.54) is 127 Å². The molecule has 1 aliphatic rings. The Kier molecular flexibility index (Phi) is 53.9. The molecule has 13 heteroatoms. The third kappa shape index (κ3) is 36.5. The second kappa shape index (κ2) is 62.3. The summed E-state index contributed by atoms with van der Waals surface area (Å²) in [7, 11) is 1.07. The monoisotopic (exact) mass is 2710 g/mol. The van der Waals surface area contributed by atoms with Gasteiger partial charge in [-0.3, -0.25) is 0 Å². The summed E-state index contributed by atoms with van der Waals surface area (Å²) in [6, 6.07) is 167. The van der Waals surface area contributed by atoms with Crippen LogP contribution in [0.15, 0.2) is 509 Å². The molecule has 1 fully saturated rings. The van der Waals surface area contributed by atoms with Crippen molar-refractivity contribution >= 4 is 263 Å². The van der Waals surface area contributed by atoms with E-state index in [-0.39, 0.29) is 242 Å².